The van der Waals surface area contributed by atoms with E-state index in [1.807, 2.05) is 16.5 Å². The van der Waals surface area contributed by atoms with Gasteiger partial charge in [0.25, 0.3) is 5.56 Å². The first-order valence-electron chi connectivity index (χ1n) is 8.58. The number of aromatic amines is 1. The van der Waals surface area contributed by atoms with Gasteiger partial charge in [0.2, 0.25) is 0 Å². The van der Waals surface area contributed by atoms with E-state index in [1.54, 1.807) is 12.3 Å². The zero-order valence-corrected chi connectivity index (χ0v) is 13.7. The molecule has 1 saturated carbocycles. The third-order valence-corrected chi connectivity index (χ3v) is 4.92. The summed E-state index contributed by atoms with van der Waals surface area (Å²) in [5.74, 6) is 0.339. The molecule has 25 heavy (non-hydrogen) atoms. The van der Waals surface area contributed by atoms with Crippen molar-refractivity contribution in [3.05, 3.63) is 52.2 Å². The van der Waals surface area contributed by atoms with Gasteiger partial charge in [0.15, 0.2) is 0 Å². The van der Waals surface area contributed by atoms with Gasteiger partial charge in [-0.2, -0.15) is 0 Å². The second-order valence-electron chi connectivity index (χ2n) is 6.57. The largest absolute Gasteiger partial charge is 0.478 e. The number of H-pyrrole nitrogens is 1. The average molecular weight is 337 g/mol. The minimum Gasteiger partial charge on any atom is -0.478 e. The Morgan fingerprint density at radius 1 is 1.24 bits per heavy atom. The third-order valence-electron chi connectivity index (χ3n) is 4.92. The number of carboxylic acids is 1. The second-order valence-corrected chi connectivity index (χ2v) is 6.57. The molecule has 3 aromatic rings. The molecular weight excluding hydrogens is 318 g/mol. The molecule has 2 aromatic heterocycles. The first-order chi connectivity index (χ1) is 12.1. The van der Waals surface area contributed by atoms with E-state index in [0.717, 1.165) is 35.8 Å². The van der Waals surface area contributed by atoms with Crippen LogP contribution < -0.4 is 5.56 Å². The maximum absolute atomic E-state index is 12.4. The fraction of sp³-hybridized carbons (Fsp3) is 0.316. The molecular formula is C19H19N3O3. The average Bonchev–Trinajstić information content (AvgIpc) is 3.06. The first kappa shape index (κ1) is 15.6. The lowest BCUT2D eigenvalue weighted by Gasteiger charge is -2.21. The van der Waals surface area contributed by atoms with Crippen molar-refractivity contribution >= 4 is 28.6 Å². The zero-order chi connectivity index (χ0) is 17.4. The fourth-order valence-electron chi connectivity index (χ4n) is 3.73. The van der Waals surface area contributed by atoms with Gasteiger partial charge in [-0.1, -0.05) is 25.3 Å². The highest BCUT2D eigenvalue weighted by Gasteiger charge is 2.21. The van der Waals surface area contributed by atoms with E-state index in [1.165, 1.54) is 25.3 Å². The van der Waals surface area contributed by atoms with Crippen molar-refractivity contribution in [2.24, 2.45) is 0 Å². The highest BCUT2D eigenvalue weighted by atomic mass is 16.4. The summed E-state index contributed by atoms with van der Waals surface area (Å²) >= 11 is 0. The van der Waals surface area contributed by atoms with E-state index < -0.39 is 5.97 Å². The maximum atomic E-state index is 12.4. The van der Waals surface area contributed by atoms with Crippen LogP contribution in [0.25, 0.3) is 22.6 Å². The van der Waals surface area contributed by atoms with Crippen LogP contribution in [0, 0.1) is 0 Å². The van der Waals surface area contributed by atoms with Crippen LogP contribution >= 0.6 is 0 Å². The van der Waals surface area contributed by atoms with Crippen LogP contribution in [0.4, 0.5) is 0 Å². The Balaban J connectivity index is 1.90. The highest BCUT2D eigenvalue weighted by Crippen LogP contribution is 2.32. The summed E-state index contributed by atoms with van der Waals surface area (Å²) in [5, 5.41) is 8.77. The lowest BCUT2D eigenvalue weighted by molar-refractivity contribution is -0.131. The molecule has 2 heterocycles. The topological polar surface area (TPSA) is 87.5 Å². The number of aromatic nitrogens is 3. The molecule has 0 radical (unpaired) electrons. The molecule has 6 heteroatoms. The summed E-state index contributed by atoms with van der Waals surface area (Å²) < 4.78 is 1.97. The molecule has 0 saturated heterocycles. The summed E-state index contributed by atoms with van der Waals surface area (Å²) in [6, 6.07) is 5.55. The number of carbonyl (C=O) groups is 1. The van der Waals surface area contributed by atoms with Gasteiger partial charge in [-0.3, -0.25) is 9.20 Å². The minimum absolute atomic E-state index is 0.179. The van der Waals surface area contributed by atoms with Crippen molar-refractivity contribution in [1.29, 1.82) is 0 Å². The van der Waals surface area contributed by atoms with Crippen LogP contribution in [0.5, 0.6) is 0 Å². The van der Waals surface area contributed by atoms with Crippen LogP contribution in [-0.4, -0.2) is 25.4 Å². The Bertz CT molecular complexity index is 1040. The van der Waals surface area contributed by atoms with Crippen molar-refractivity contribution in [1.82, 2.24) is 14.4 Å². The minimum atomic E-state index is -1.00. The Morgan fingerprint density at radius 3 is 2.80 bits per heavy atom. The normalized spacial score (nSPS) is 16.2. The van der Waals surface area contributed by atoms with Crippen molar-refractivity contribution in [3.63, 3.8) is 0 Å². The molecule has 0 unspecified atom stereocenters. The predicted octanol–water partition coefficient (Wildman–Crippen LogP) is 3.32. The van der Waals surface area contributed by atoms with Crippen molar-refractivity contribution < 1.29 is 9.90 Å². The second kappa shape index (κ2) is 6.20. The van der Waals surface area contributed by atoms with Gasteiger partial charge in [-0.15, -0.1) is 0 Å². The van der Waals surface area contributed by atoms with E-state index in [9.17, 15) is 9.59 Å². The van der Waals surface area contributed by atoms with Gasteiger partial charge in [0.05, 0.1) is 17.2 Å². The molecule has 2 N–H and O–H groups in total. The van der Waals surface area contributed by atoms with E-state index >= 15 is 0 Å². The molecule has 1 aliphatic carbocycles. The van der Waals surface area contributed by atoms with Crippen molar-refractivity contribution in [2.45, 2.75) is 38.0 Å². The Kier molecular flexibility index (Phi) is 3.87. The van der Waals surface area contributed by atoms with Crippen LogP contribution in [0.2, 0.25) is 0 Å². The number of fused-ring (bicyclic) bond motifs is 3. The number of hydrogen-bond donors (Lipinski definition) is 2. The molecule has 128 valence electrons. The highest BCUT2D eigenvalue weighted by molar-refractivity contribution is 5.87. The van der Waals surface area contributed by atoms with Crippen LogP contribution in [0.15, 0.2) is 35.3 Å². The first-order valence-corrected chi connectivity index (χ1v) is 8.58. The van der Waals surface area contributed by atoms with Crippen LogP contribution in [0.3, 0.4) is 0 Å². The number of carboxylic acid groups (broad SMARTS) is 1. The van der Waals surface area contributed by atoms with Gasteiger partial charge in [0.1, 0.15) is 11.3 Å². The SMILES string of the molecule is O=C(O)/C=C/c1ccc2c(c1)[nH]c(=O)c1cnc(C3CCCCC3)n12. The monoisotopic (exact) mass is 337 g/mol. The van der Waals surface area contributed by atoms with Crippen LogP contribution in [-0.2, 0) is 4.79 Å². The van der Waals surface area contributed by atoms with E-state index in [2.05, 4.69) is 9.97 Å². The number of benzene rings is 1. The quantitative estimate of drug-likeness (QED) is 0.718. The molecule has 0 spiro atoms. The lowest BCUT2D eigenvalue weighted by atomic mass is 9.89. The molecule has 1 fully saturated rings. The number of imidazole rings is 1. The molecule has 0 aliphatic heterocycles. The maximum Gasteiger partial charge on any atom is 0.328 e. The lowest BCUT2D eigenvalue weighted by Crippen LogP contribution is -2.14. The molecule has 1 aliphatic rings. The zero-order valence-electron chi connectivity index (χ0n) is 13.7. The standard InChI is InChI=1S/C19H19N3O3/c23-17(24)9-7-12-6-8-15-14(10-12)21-19(25)16-11-20-18(22(15)16)13-4-2-1-3-5-13/h6-11,13H,1-5H2,(H,21,25)(H,23,24)/b9-7+. The van der Waals surface area contributed by atoms with Gasteiger partial charge < -0.3 is 10.1 Å². The summed E-state index contributed by atoms with van der Waals surface area (Å²) in [7, 11) is 0. The van der Waals surface area contributed by atoms with Gasteiger partial charge in [-0.25, -0.2) is 9.78 Å². The molecule has 1 aromatic carbocycles. The van der Waals surface area contributed by atoms with Crippen LogP contribution in [0.1, 0.15) is 49.4 Å². The van der Waals surface area contributed by atoms with Gasteiger partial charge in [-0.05, 0) is 36.6 Å². The Hall–Kier alpha value is -2.89. The smallest absolute Gasteiger partial charge is 0.328 e. The summed E-state index contributed by atoms with van der Waals surface area (Å²) in [4.78, 5) is 30.6. The summed E-state index contributed by atoms with van der Waals surface area (Å²) in [5.41, 5.74) is 2.67. The number of nitrogens with one attached hydrogen (secondary N) is 1. The predicted molar refractivity (Wildman–Crippen MR) is 95.8 cm³/mol. The van der Waals surface area contributed by atoms with Gasteiger partial charge >= 0.3 is 5.97 Å². The van der Waals surface area contributed by atoms with Crippen molar-refractivity contribution in [3.8, 4) is 0 Å². The third kappa shape index (κ3) is 2.84. The number of aliphatic carboxylic acids is 1. The molecule has 0 bridgehead atoms. The summed E-state index contributed by atoms with van der Waals surface area (Å²) in [6.45, 7) is 0. The Labute approximate surface area is 143 Å². The molecule has 0 amide bonds. The molecule has 4 rings (SSSR count). The number of hydrogen-bond acceptors (Lipinski definition) is 3. The summed E-state index contributed by atoms with van der Waals surface area (Å²) in [6.07, 6.45) is 10.1. The van der Waals surface area contributed by atoms with E-state index in [4.69, 9.17) is 5.11 Å². The van der Waals surface area contributed by atoms with E-state index in [-0.39, 0.29) is 5.56 Å². The number of nitrogens with zero attached hydrogens (tertiary/aromatic N) is 2. The van der Waals surface area contributed by atoms with E-state index in [0.29, 0.717) is 17.0 Å². The fourth-order valence-corrected chi connectivity index (χ4v) is 3.73. The molecule has 6 nitrogen and oxygen atoms in total. The van der Waals surface area contributed by atoms with Crippen molar-refractivity contribution in [2.75, 3.05) is 0 Å². The van der Waals surface area contributed by atoms with Gasteiger partial charge in [0, 0.05) is 12.0 Å². The molecule has 0 atom stereocenters. The Morgan fingerprint density at radius 2 is 2.04 bits per heavy atom. The number of rotatable bonds is 3.